The van der Waals surface area contributed by atoms with Crippen molar-refractivity contribution in [2.75, 3.05) is 17.8 Å². The first kappa shape index (κ1) is 14.1. The predicted octanol–water partition coefficient (Wildman–Crippen LogP) is 2.93. The van der Waals surface area contributed by atoms with E-state index in [9.17, 15) is 0 Å². The third-order valence-corrected chi connectivity index (χ3v) is 4.74. The molecule has 25 heavy (non-hydrogen) atoms. The maximum atomic E-state index is 6.01. The summed E-state index contributed by atoms with van der Waals surface area (Å²) in [7, 11) is 0. The molecule has 1 aliphatic heterocycles. The molecule has 4 aromatic rings. The summed E-state index contributed by atoms with van der Waals surface area (Å²) in [5.74, 6) is 2.06. The molecule has 9 heteroatoms. The van der Waals surface area contributed by atoms with Gasteiger partial charge in [0.2, 0.25) is 23.8 Å². The van der Waals surface area contributed by atoms with E-state index in [0.717, 1.165) is 21.7 Å². The van der Waals surface area contributed by atoms with E-state index in [1.165, 1.54) is 16.0 Å². The summed E-state index contributed by atoms with van der Waals surface area (Å²) in [5.41, 5.74) is 7.70. The number of anilines is 3. The smallest absolute Gasteiger partial charge is 0.248 e. The van der Waals surface area contributed by atoms with Gasteiger partial charge in [-0.1, -0.05) is 23.5 Å². The number of nitrogens with one attached hydrogen (secondary N) is 1. The zero-order valence-electron chi connectivity index (χ0n) is 12.8. The largest absolute Gasteiger partial charge is 0.454 e. The van der Waals surface area contributed by atoms with Crippen LogP contribution in [0, 0.1) is 0 Å². The molecule has 0 spiro atoms. The van der Waals surface area contributed by atoms with E-state index in [-0.39, 0.29) is 12.7 Å². The maximum absolute atomic E-state index is 6.01. The molecule has 124 valence electrons. The van der Waals surface area contributed by atoms with Crippen molar-refractivity contribution in [2.24, 2.45) is 0 Å². The van der Waals surface area contributed by atoms with Crippen molar-refractivity contribution in [3.63, 3.8) is 0 Å². The third kappa shape index (κ3) is 2.41. The highest BCUT2D eigenvalue weighted by Crippen LogP contribution is 2.35. The lowest BCUT2D eigenvalue weighted by atomic mass is 10.3. The first-order valence-electron chi connectivity index (χ1n) is 7.51. The Morgan fingerprint density at radius 1 is 1.08 bits per heavy atom. The lowest BCUT2D eigenvalue weighted by molar-refractivity contribution is 0.174. The fourth-order valence-corrected chi connectivity index (χ4v) is 3.50. The third-order valence-electron chi connectivity index (χ3n) is 3.72. The van der Waals surface area contributed by atoms with Crippen LogP contribution >= 0.6 is 11.3 Å². The molecule has 0 saturated carbocycles. The standard InChI is InChI=1S/C16H12N6O2S/c17-14-20-15(18-9-5-6-11-12(7-9)24-8-23-11)21-22(14)16-19-10-3-1-2-4-13(10)25-16/h1-7H,8H2,(H3,17,18,20,21). The Morgan fingerprint density at radius 2 is 1.96 bits per heavy atom. The average Bonchev–Trinajstić information content (AvgIpc) is 3.31. The fraction of sp³-hybridized carbons (Fsp3) is 0.0625. The van der Waals surface area contributed by atoms with E-state index in [2.05, 4.69) is 20.4 Å². The van der Waals surface area contributed by atoms with Gasteiger partial charge in [0.15, 0.2) is 11.5 Å². The number of nitrogen functional groups attached to an aromatic ring is 1. The molecule has 0 radical (unpaired) electrons. The van der Waals surface area contributed by atoms with E-state index >= 15 is 0 Å². The molecule has 0 amide bonds. The summed E-state index contributed by atoms with van der Waals surface area (Å²) in [5, 5.41) is 8.20. The minimum atomic E-state index is 0.232. The van der Waals surface area contributed by atoms with Crippen LogP contribution in [0.25, 0.3) is 15.3 Å². The van der Waals surface area contributed by atoms with Crippen LogP contribution in [-0.2, 0) is 0 Å². The van der Waals surface area contributed by atoms with Gasteiger partial charge in [-0.15, -0.1) is 5.10 Å². The Balaban J connectivity index is 1.47. The van der Waals surface area contributed by atoms with Crippen LogP contribution in [0.5, 0.6) is 11.5 Å². The van der Waals surface area contributed by atoms with Crippen molar-refractivity contribution in [1.82, 2.24) is 19.7 Å². The second-order valence-electron chi connectivity index (χ2n) is 5.36. The zero-order chi connectivity index (χ0) is 16.8. The topological polar surface area (TPSA) is 100 Å². The van der Waals surface area contributed by atoms with Crippen molar-refractivity contribution in [1.29, 1.82) is 0 Å². The highest BCUT2D eigenvalue weighted by atomic mass is 32.1. The molecule has 0 saturated heterocycles. The summed E-state index contributed by atoms with van der Waals surface area (Å²) in [6.07, 6.45) is 0. The Bertz CT molecular complexity index is 1060. The molecule has 5 rings (SSSR count). The number of nitrogens with two attached hydrogens (primary N) is 1. The number of para-hydroxylation sites is 1. The molecule has 2 aromatic heterocycles. The quantitative estimate of drug-likeness (QED) is 0.585. The summed E-state index contributed by atoms with van der Waals surface area (Å²) in [6, 6.07) is 13.4. The van der Waals surface area contributed by atoms with Crippen LogP contribution in [0.2, 0.25) is 0 Å². The van der Waals surface area contributed by atoms with Crippen LogP contribution in [0.3, 0.4) is 0 Å². The normalized spacial score (nSPS) is 12.6. The molecule has 3 N–H and O–H groups in total. The predicted molar refractivity (Wildman–Crippen MR) is 94.8 cm³/mol. The summed E-state index contributed by atoms with van der Waals surface area (Å²) >= 11 is 1.51. The number of nitrogens with zero attached hydrogens (tertiary/aromatic N) is 4. The minimum Gasteiger partial charge on any atom is -0.454 e. The van der Waals surface area contributed by atoms with Crippen molar-refractivity contribution in [3.8, 4) is 16.6 Å². The van der Waals surface area contributed by atoms with Gasteiger partial charge >= 0.3 is 0 Å². The van der Waals surface area contributed by atoms with Gasteiger partial charge < -0.3 is 20.5 Å². The SMILES string of the molecule is Nc1nc(Nc2ccc3c(c2)OCO3)nn1-c1nc2ccccc2s1. The molecule has 2 aromatic carbocycles. The molecule has 0 atom stereocenters. The van der Waals surface area contributed by atoms with Gasteiger partial charge in [-0.05, 0) is 24.3 Å². The fourth-order valence-electron chi connectivity index (χ4n) is 2.57. The molecule has 0 unspecified atom stereocenters. The van der Waals surface area contributed by atoms with Crippen molar-refractivity contribution >= 4 is 39.1 Å². The van der Waals surface area contributed by atoms with Crippen LogP contribution in [0.4, 0.5) is 17.6 Å². The van der Waals surface area contributed by atoms with Crippen LogP contribution in [0.15, 0.2) is 42.5 Å². The van der Waals surface area contributed by atoms with Crippen LogP contribution in [0.1, 0.15) is 0 Å². The number of aromatic nitrogens is 4. The number of hydrogen-bond acceptors (Lipinski definition) is 8. The number of fused-ring (bicyclic) bond motifs is 2. The van der Waals surface area contributed by atoms with E-state index in [0.29, 0.717) is 16.8 Å². The average molecular weight is 352 g/mol. The van der Waals surface area contributed by atoms with Gasteiger partial charge in [0.25, 0.3) is 0 Å². The highest BCUT2D eigenvalue weighted by Gasteiger charge is 2.16. The second-order valence-corrected chi connectivity index (χ2v) is 6.37. The number of thiazole rings is 1. The molecule has 0 bridgehead atoms. The van der Waals surface area contributed by atoms with Crippen LogP contribution in [-0.4, -0.2) is 26.5 Å². The Labute approximate surface area is 145 Å². The summed E-state index contributed by atoms with van der Waals surface area (Å²) in [6.45, 7) is 0.232. The van der Waals surface area contributed by atoms with Crippen molar-refractivity contribution in [3.05, 3.63) is 42.5 Å². The molecular formula is C16H12N6O2S. The zero-order valence-corrected chi connectivity index (χ0v) is 13.7. The first-order chi connectivity index (χ1) is 12.3. The molecule has 8 nitrogen and oxygen atoms in total. The van der Waals surface area contributed by atoms with Gasteiger partial charge in [0, 0.05) is 11.8 Å². The minimum absolute atomic E-state index is 0.232. The van der Waals surface area contributed by atoms with Gasteiger partial charge in [0.1, 0.15) is 0 Å². The first-order valence-corrected chi connectivity index (χ1v) is 8.33. The van der Waals surface area contributed by atoms with Crippen molar-refractivity contribution < 1.29 is 9.47 Å². The van der Waals surface area contributed by atoms with E-state index in [1.807, 2.05) is 42.5 Å². The van der Waals surface area contributed by atoms with Crippen LogP contribution < -0.4 is 20.5 Å². The number of rotatable bonds is 3. The van der Waals surface area contributed by atoms with E-state index in [4.69, 9.17) is 15.2 Å². The van der Waals surface area contributed by atoms with Crippen molar-refractivity contribution in [2.45, 2.75) is 0 Å². The molecule has 0 aliphatic carbocycles. The summed E-state index contributed by atoms with van der Waals surface area (Å²) < 4.78 is 13.3. The van der Waals surface area contributed by atoms with E-state index < -0.39 is 0 Å². The Kier molecular flexibility index (Phi) is 3.01. The van der Waals surface area contributed by atoms with Gasteiger partial charge in [-0.3, -0.25) is 0 Å². The number of hydrogen-bond donors (Lipinski definition) is 2. The highest BCUT2D eigenvalue weighted by molar-refractivity contribution is 7.20. The van der Waals surface area contributed by atoms with Gasteiger partial charge in [0.05, 0.1) is 10.2 Å². The lowest BCUT2D eigenvalue weighted by Crippen LogP contribution is -2.01. The molecular weight excluding hydrogens is 340 g/mol. The van der Waals surface area contributed by atoms with Gasteiger partial charge in [-0.25, -0.2) is 4.98 Å². The molecule has 3 heterocycles. The Hall–Kier alpha value is -3.33. The maximum Gasteiger partial charge on any atom is 0.248 e. The van der Waals surface area contributed by atoms with E-state index in [1.54, 1.807) is 0 Å². The molecule has 1 aliphatic rings. The Morgan fingerprint density at radius 3 is 2.88 bits per heavy atom. The number of benzene rings is 2. The summed E-state index contributed by atoms with van der Waals surface area (Å²) in [4.78, 5) is 8.81. The lowest BCUT2D eigenvalue weighted by Gasteiger charge is -2.02. The second kappa shape index (κ2) is 5.35. The number of ether oxygens (including phenoxy) is 2. The van der Waals surface area contributed by atoms with Gasteiger partial charge in [-0.2, -0.15) is 9.67 Å². The molecule has 0 fully saturated rings. The monoisotopic (exact) mass is 352 g/mol.